The molecular formula is C18H19FN2O3S. The monoisotopic (exact) mass is 362 g/mol. The number of aromatic nitrogens is 1. The van der Waals surface area contributed by atoms with E-state index in [1.807, 2.05) is 11.8 Å². The Bertz CT molecular complexity index is 706. The van der Waals surface area contributed by atoms with Crippen LogP contribution in [-0.2, 0) is 0 Å². The lowest BCUT2D eigenvalue weighted by Gasteiger charge is -2.14. The van der Waals surface area contributed by atoms with E-state index in [2.05, 4.69) is 10.3 Å². The highest BCUT2D eigenvalue weighted by atomic mass is 32.2. The van der Waals surface area contributed by atoms with Crippen LogP contribution in [-0.4, -0.2) is 41.7 Å². The van der Waals surface area contributed by atoms with Gasteiger partial charge in [-0.2, -0.15) is 11.8 Å². The Labute approximate surface area is 149 Å². The molecule has 0 radical (unpaired) electrons. The van der Waals surface area contributed by atoms with Gasteiger partial charge in [0.25, 0.3) is 5.91 Å². The number of pyridine rings is 1. The van der Waals surface area contributed by atoms with Gasteiger partial charge in [0, 0.05) is 11.9 Å². The molecule has 0 saturated carbocycles. The van der Waals surface area contributed by atoms with Crippen molar-refractivity contribution in [2.75, 3.05) is 24.7 Å². The number of benzene rings is 1. The van der Waals surface area contributed by atoms with E-state index >= 15 is 0 Å². The van der Waals surface area contributed by atoms with E-state index in [9.17, 15) is 9.18 Å². The van der Waals surface area contributed by atoms with Gasteiger partial charge in [0.1, 0.15) is 29.8 Å². The molecule has 0 bridgehead atoms. The van der Waals surface area contributed by atoms with E-state index in [1.165, 1.54) is 12.1 Å². The van der Waals surface area contributed by atoms with Crippen LogP contribution < -0.4 is 14.8 Å². The number of rotatable bonds is 7. The molecule has 3 rings (SSSR count). The number of ether oxygens (including phenoxy) is 2. The number of carbonyl (C=O) groups is 1. The lowest BCUT2D eigenvalue weighted by molar-refractivity contribution is 0.0939. The highest BCUT2D eigenvalue weighted by molar-refractivity contribution is 7.99. The number of hydrogen-bond donors (Lipinski definition) is 1. The summed E-state index contributed by atoms with van der Waals surface area (Å²) in [6.45, 7) is 0.608. The number of nitrogens with zero attached hydrogens (tertiary/aromatic N) is 1. The topological polar surface area (TPSA) is 60.5 Å². The summed E-state index contributed by atoms with van der Waals surface area (Å²) >= 11 is 1.84. The predicted molar refractivity (Wildman–Crippen MR) is 94.8 cm³/mol. The maximum absolute atomic E-state index is 12.8. The van der Waals surface area contributed by atoms with Crippen LogP contribution >= 0.6 is 11.8 Å². The van der Waals surface area contributed by atoms with Gasteiger partial charge in [-0.05, 0) is 48.6 Å². The minimum Gasteiger partial charge on any atom is -0.492 e. The Morgan fingerprint density at radius 3 is 2.92 bits per heavy atom. The zero-order valence-electron chi connectivity index (χ0n) is 13.6. The predicted octanol–water partition coefficient (Wildman–Crippen LogP) is 2.91. The third kappa shape index (κ3) is 5.09. The van der Waals surface area contributed by atoms with E-state index < -0.39 is 0 Å². The summed E-state index contributed by atoms with van der Waals surface area (Å²) in [6, 6.07) is 9.15. The van der Waals surface area contributed by atoms with Crippen molar-refractivity contribution in [1.82, 2.24) is 10.3 Å². The average Bonchev–Trinajstić information content (AvgIpc) is 3.13. The van der Waals surface area contributed by atoms with Crippen LogP contribution in [0.1, 0.15) is 16.8 Å². The van der Waals surface area contributed by atoms with E-state index in [0.717, 1.165) is 17.9 Å². The lowest BCUT2D eigenvalue weighted by atomic mass is 10.2. The van der Waals surface area contributed by atoms with Crippen molar-refractivity contribution in [3.05, 3.63) is 54.0 Å². The Balaban J connectivity index is 1.50. The summed E-state index contributed by atoms with van der Waals surface area (Å²) in [6.07, 6.45) is 2.69. The molecule has 132 valence electrons. The van der Waals surface area contributed by atoms with Crippen molar-refractivity contribution in [3.8, 4) is 11.6 Å². The molecule has 1 fully saturated rings. The van der Waals surface area contributed by atoms with Crippen LogP contribution in [0.5, 0.6) is 11.6 Å². The maximum Gasteiger partial charge on any atom is 0.256 e. The summed E-state index contributed by atoms with van der Waals surface area (Å²) in [7, 11) is 0. The smallest absolute Gasteiger partial charge is 0.256 e. The largest absolute Gasteiger partial charge is 0.492 e. The van der Waals surface area contributed by atoms with Crippen LogP contribution in [0.4, 0.5) is 4.39 Å². The number of thioether (sulfide) groups is 1. The van der Waals surface area contributed by atoms with E-state index in [1.54, 1.807) is 30.5 Å². The number of amides is 1. The first kappa shape index (κ1) is 17.5. The second-order valence-corrected chi connectivity index (χ2v) is 6.67. The van der Waals surface area contributed by atoms with Gasteiger partial charge in [0.2, 0.25) is 5.88 Å². The Kier molecular flexibility index (Phi) is 6.11. The zero-order valence-corrected chi connectivity index (χ0v) is 14.4. The number of halogens is 1. The van der Waals surface area contributed by atoms with Crippen molar-refractivity contribution in [2.24, 2.45) is 0 Å². The molecule has 0 spiro atoms. The first-order valence-corrected chi connectivity index (χ1v) is 9.24. The minimum atomic E-state index is -0.314. The summed E-state index contributed by atoms with van der Waals surface area (Å²) in [5.41, 5.74) is 0.418. The summed E-state index contributed by atoms with van der Waals surface area (Å²) in [5.74, 6) is 2.34. The van der Waals surface area contributed by atoms with Crippen LogP contribution in [0, 0.1) is 5.82 Å². The van der Waals surface area contributed by atoms with Crippen molar-refractivity contribution in [3.63, 3.8) is 0 Å². The number of carbonyl (C=O) groups excluding carboxylic acids is 1. The molecule has 2 heterocycles. The van der Waals surface area contributed by atoms with E-state index in [-0.39, 0.29) is 24.4 Å². The lowest BCUT2D eigenvalue weighted by Crippen LogP contribution is -2.29. The summed E-state index contributed by atoms with van der Waals surface area (Å²) in [5, 5.41) is 2.78. The van der Waals surface area contributed by atoms with Crippen molar-refractivity contribution in [2.45, 2.75) is 12.5 Å². The Morgan fingerprint density at radius 1 is 1.32 bits per heavy atom. The van der Waals surface area contributed by atoms with Gasteiger partial charge in [-0.25, -0.2) is 9.37 Å². The fraction of sp³-hybridized carbons (Fsp3) is 0.333. The summed E-state index contributed by atoms with van der Waals surface area (Å²) < 4.78 is 24.1. The molecular weight excluding hydrogens is 343 g/mol. The van der Waals surface area contributed by atoms with E-state index in [4.69, 9.17) is 9.47 Å². The van der Waals surface area contributed by atoms with Crippen LogP contribution in [0.15, 0.2) is 42.6 Å². The first-order chi connectivity index (χ1) is 12.2. The molecule has 25 heavy (non-hydrogen) atoms. The molecule has 1 saturated heterocycles. The fourth-order valence-corrected chi connectivity index (χ4v) is 3.47. The van der Waals surface area contributed by atoms with Gasteiger partial charge in [-0.3, -0.25) is 4.79 Å². The standard InChI is InChI=1S/C18H19FN2O3S/c19-13-3-5-14(6-4-13)23-10-9-20-17(22)16-2-1-8-21-18(16)24-15-7-11-25-12-15/h1-6,8,15H,7,9-12H2,(H,20,22)/t15-/m0/s1. The van der Waals surface area contributed by atoms with Gasteiger partial charge >= 0.3 is 0 Å². The van der Waals surface area contributed by atoms with E-state index in [0.29, 0.717) is 23.7 Å². The Hall–Kier alpha value is -2.28. The molecule has 0 unspecified atom stereocenters. The number of nitrogens with one attached hydrogen (secondary N) is 1. The quantitative estimate of drug-likeness (QED) is 0.768. The zero-order chi connectivity index (χ0) is 17.5. The second kappa shape index (κ2) is 8.71. The van der Waals surface area contributed by atoms with Crippen LogP contribution in [0.3, 0.4) is 0 Å². The molecule has 1 N–H and O–H groups in total. The molecule has 1 aliphatic rings. The molecule has 1 amide bonds. The van der Waals surface area contributed by atoms with Gasteiger partial charge in [-0.1, -0.05) is 0 Å². The Morgan fingerprint density at radius 2 is 2.16 bits per heavy atom. The van der Waals surface area contributed by atoms with Gasteiger partial charge in [0.05, 0.1) is 6.54 Å². The molecule has 0 aliphatic carbocycles. The first-order valence-electron chi connectivity index (χ1n) is 8.08. The molecule has 7 heteroatoms. The van der Waals surface area contributed by atoms with Crippen molar-refractivity contribution < 1.29 is 18.7 Å². The SMILES string of the molecule is O=C(NCCOc1ccc(F)cc1)c1cccnc1O[C@H]1CCSC1. The summed E-state index contributed by atoms with van der Waals surface area (Å²) in [4.78, 5) is 16.5. The molecule has 1 aromatic heterocycles. The van der Waals surface area contributed by atoms with Gasteiger partial charge in [-0.15, -0.1) is 0 Å². The van der Waals surface area contributed by atoms with Crippen molar-refractivity contribution >= 4 is 17.7 Å². The molecule has 5 nitrogen and oxygen atoms in total. The third-order valence-corrected chi connectivity index (χ3v) is 4.78. The van der Waals surface area contributed by atoms with Crippen LogP contribution in [0.2, 0.25) is 0 Å². The molecule has 1 atom stereocenters. The number of hydrogen-bond acceptors (Lipinski definition) is 5. The molecule has 1 aromatic carbocycles. The highest BCUT2D eigenvalue weighted by Crippen LogP contribution is 2.24. The third-order valence-electron chi connectivity index (χ3n) is 3.65. The minimum absolute atomic E-state index is 0.105. The van der Waals surface area contributed by atoms with Crippen LogP contribution in [0.25, 0.3) is 0 Å². The highest BCUT2D eigenvalue weighted by Gasteiger charge is 2.21. The normalized spacial score (nSPS) is 16.4. The van der Waals surface area contributed by atoms with Gasteiger partial charge in [0.15, 0.2) is 0 Å². The van der Waals surface area contributed by atoms with Crippen molar-refractivity contribution in [1.29, 1.82) is 0 Å². The molecule has 1 aliphatic heterocycles. The maximum atomic E-state index is 12.8. The molecule has 2 aromatic rings. The average molecular weight is 362 g/mol. The second-order valence-electron chi connectivity index (χ2n) is 5.52. The fourth-order valence-electron chi connectivity index (χ4n) is 2.38. The van der Waals surface area contributed by atoms with Gasteiger partial charge < -0.3 is 14.8 Å².